The number of halogens is 1. The quantitative estimate of drug-likeness (QED) is 0.634. The number of nitrogens with zero attached hydrogens (tertiary/aromatic N) is 2. The molecular formula is C19H24ClN3O5S2. The van der Waals surface area contributed by atoms with Gasteiger partial charge in [0.2, 0.25) is 20.0 Å². The lowest BCUT2D eigenvalue weighted by atomic mass is 10.2. The normalized spacial score (nSPS) is 12.4. The zero-order chi connectivity index (χ0) is 22.7. The third-order valence-electron chi connectivity index (χ3n) is 4.42. The number of nitrogens with one attached hydrogen (secondary N) is 1. The fraction of sp³-hybridized carbons (Fsp3) is 0.316. The largest absolute Gasteiger partial charge is 0.322 e. The molecule has 2 aromatic carbocycles. The minimum Gasteiger partial charge on any atom is -0.322 e. The molecule has 2 rings (SSSR count). The molecule has 1 amide bonds. The van der Waals surface area contributed by atoms with E-state index in [1.165, 1.54) is 60.9 Å². The summed E-state index contributed by atoms with van der Waals surface area (Å²) in [5, 5.41) is 2.69. The van der Waals surface area contributed by atoms with Crippen molar-refractivity contribution in [3.05, 3.63) is 53.1 Å². The minimum absolute atomic E-state index is 0.0144. The van der Waals surface area contributed by atoms with E-state index in [1.54, 1.807) is 13.8 Å². The van der Waals surface area contributed by atoms with Crippen molar-refractivity contribution < 1.29 is 21.6 Å². The molecule has 0 aliphatic carbocycles. The molecule has 0 atom stereocenters. The van der Waals surface area contributed by atoms with Crippen LogP contribution in [-0.2, 0) is 20.0 Å². The average molecular weight is 474 g/mol. The predicted molar refractivity (Wildman–Crippen MR) is 117 cm³/mol. The Kier molecular flexibility index (Phi) is 7.64. The van der Waals surface area contributed by atoms with Crippen molar-refractivity contribution in [3.63, 3.8) is 0 Å². The lowest BCUT2D eigenvalue weighted by molar-refractivity contribution is 0.102. The number of benzene rings is 2. The lowest BCUT2D eigenvalue weighted by Gasteiger charge is -2.18. The van der Waals surface area contributed by atoms with E-state index in [0.717, 1.165) is 4.31 Å². The maximum absolute atomic E-state index is 12.6. The van der Waals surface area contributed by atoms with E-state index in [-0.39, 0.29) is 20.4 Å². The number of carbonyl (C=O) groups is 1. The maximum atomic E-state index is 12.6. The van der Waals surface area contributed by atoms with E-state index in [1.807, 2.05) is 0 Å². The van der Waals surface area contributed by atoms with Crippen molar-refractivity contribution >= 4 is 43.2 Å². The van der Waals surface area contributed by atoms with Gasteiger partial charge in [0.1, 0.15) is 0 Å². The summed E-state index contributed by atoms with van der Waals surface area (Å²) in [6.45, 7) is 4.21. The number of anilines is 1. The minimum atomic E-state index is -3.73. The van der Waals surface area contributed by atoms with Crippen LogP contribution in [0.4, 0.5) is 5.69 Å². The van der Waals surface area contributed by atoms with Gasteiger partial charge in [-0.3, -0.25) is 4.79 Å². The highest BCUT2D eigenvalue weighted by Gasteiger charge is 2.23. The Hall–Kier alpha value is -1.98. The lowest BCUT2D eigenvalue weighted by Crippen LogP contribution is -2.30. The molecular weight excluding hydrogens is 450 g/mol. The molecule has 0 aliphatic heterocycles. The molecule has 0 fully saturated rings. The Labute approximate surface area is 182 Å². The average Bonchev–Trinajstić information content (AvgIpc) is 2.69. The van der Waals surface area contributed by atoms with Gasteiger partial charge >= 0.3 is 0 Å². The van der Waals surface area contributed by atoms with E-state index in [0.29, 0.717) is 18.8 Å². The van der Waals surface area contributed by atoms with E-state index < -0.39 is 26.0 Å². The topological polar surface area (TPSA) is 104 Å². The highest BCUT2D eigenvalue weighted by atomic mass is 35.5. The van der Waals surface area contributed by atoms with E-state index in [2.05, 4.69) is 5.32 Å². The summed E-state index contributed by atoms with van der Waals surface area (Å²) in [6, 6.07) is 9.58. The van der Waals surface area contributed by atoms with E-state index >= 15 is 0 Å². The Bertz CT molecular complexity index is 1130. The molecule has 0 saturated heterocycles. The first-order chi connectivity index (χ1) is 13.9. The third-order valence-corrected chi connectivity index (χ3v) is 8.62. The first-order valence-corrected chi connectivity index (χ1v) is 12.3. The van der Waals surface area contributed by atoms with Crippen molar-refractivity contribution in [2.24, 2.45) is 0 Å². The van der Waals surface area contributed by atoms with E-state index in [4.69, 9.17) is 11.6 Å². The summed E-state index contributed by atoms with van der Waals surface area (Å²) in [6.07, 6.45) is 0. The number of rotatable bonds is 8. The molecule has 8 nitrogen and oxygen atoms in total. The summed E-state index contributed by atoms with van der Waals surface area (Å²) >= 11 is 6.08. The number of sulfonamides is 2. The zero-order valence-electron chi connectivity index (χ0n) is 17.1. The van der Waals surface area contributed by atoms with Gasteiger partial charge in [-0.05, 0) is 42.5 Å². The van der Waals surface area contributed by atoms with Crippen LogP contribution in [0.3, 0.4) is 0 Å². The second-order valence-corrected chi connectivity index (χ2v) is 11.0. The number of hydrogen-bond donors (Lipinski definition) is 1. The molecule has 30 heavy (non-hydrogen) atoms. The van der Waals surface area contributed by atoms with Gasteiger partial charge in [0.05, 0.1) is 20.4 Å². The predicted octanol–water partition coefficient (Wildman–Crippen LogP) is 2.87. The molecule has 1 N–H and O–H groups in total. The first-order valence-electron chi connectivity index (χ1n) is 9.08. The van der Waals surface area contributed by atoms with Crippen LogP contribution >= 0.6 is 11.6 Å². The molecule has 0 unspecified atom stereocenters. The SMILES string of the molecule is CCN(CC)S(=O)(=O)c1ccc(NC(=O)c2cc(S(=O)(=O)N(C)C)ccc2Cl)cc1. The molecule has 0 saturated carbocycles. The highest BCUT2D eigenvalue weighted by Crippen LogP contribution is 2.24. The van der Waals surface area contributed by atoms with Crippen molar-refractivity contribution in [2.45, 2.75) is 23.6 Å². The van der Waals surface area contributed by atoms with Gasteiger partial charge in [0.15, 0.2) is 0 Å². The van der Waals surface area contributed by atoms with Gasteiger partial charge < -0.3 is 5.32 Å². The fourth-order valence-corrected chi connectivity index (χ4v) is 5.26. The summed E-state index contributed by atoms with van der Waals surface area (Å²) in [4.78, 5) is 12.7. The summed E-state index contributed by atoms with van der Waals surface area (Å²) in [5.41, 5.74) is 0.329. The third kappa shape index (κ3) is 5.01. The van der Waals surface area contributed by atoms with Crippen LogP contribution in [0.25, 0.3) is 0 Å². The van der Waals surface area contributed by atoms with Gasteiger partial charge in [0.25, 0.3) is 5.91 Å². The van der Waals surface area contributed by atoms with Crippen LogP contribution in [0.1, 0.15) is 24.2 Å². The Morgan fingerprint density at radius 3 is 1.93 bits per heavy atom. The molecule has 2 aromatic rings. The van der Waals surface area contributed by atoms with Crippen LogP contribution in [0, 0.1) is 0 Å². The van der Waals surface area contributed by atoms with Crippen LogP contribution in [0.15, 0.2) is 52.3 Å². The van der Waals surface area contributed by atoms with Crippen molar-refractivity contribution in [1.82, 2.24) is 8.61 Å². The van der Waals surface area contributed by atoms with Gasteiger partial charge in [-0.25, -0.2) is 21.1 Å². The molecule has 0 spiro atoms. The van der Waals surface area contributed by atoms with E-state index in [9.17, 15) is 21.6 Å². The second-order valence-electron chi connectivity index (χ2n) is 6.50. The van der Waals surface area contributed by atoms with Gasteiger partial charge in [-0.2, -0.15) is 4.31 Å². The Balaban J connectivity index is 2.29. The van der Waals surface area contributed by atoms with Gasteiger partial charge in [-0.15, -0.1) is 0 Å². The maximum Gasteiger partial charge on any atom is 0.257 e. The number of carbonyl (C=O) groups excluding carboxylic acids is 1. The molecule has 164 valence electrons. The monoisotopic (exact) mass is 473 g/mol. The summed E-state index contributed by atoms with van der Waals surface area (Å²) in [7, 11) is -4.57. The molecule has 0 aliphatic rings. The molecule has 0 radical (unpaired) electrons. The van der Waals surface area contributed by atoms with Crippen LogP contribution in [0.2, 0.25) is 5.02 Å². The summed E-state index contributed by atoms with van der Waals surface area (Å²) < 4.78 is 52.1. The smallest absolute Gasteiger partial charge is 0.257 e. The van der Waals surface area contributed by atoms with Crippen molar-refractivity contribution in [3.8, 4) is 0 Å². The van der Waals surface area contributed by atoms with Crippen LogP contribution < -0.4 is 5.32 Å². The van der Waals surface area contributed by atoms with Crippen LogP contribution in [0.5, 0.6) is 0 Å². The molecule has 0 heterocycles. The number of amides is 1. The van der Waals surface area contributed by atoms with Gasteiger partial charge in [-0.1, -0.05) is 25.4 Å². The first kappa shape index (κ1) is 24.3. The fourth-order valence-electron chi connectivity index (χ4n) is 2.67. The van der Waals surface area contributed by atoms with Crippen molar-refractivity contribution in [2.75, 3.05) is 32.5 Å². The zero-order valence-corrected chi connectivity index (χ0v) is 19.5. The second kappa shape index (κ2) is 9.44. The molecule has 0 bridgehead atoms. The Morgan fingerprint density at radius 2 is 1.43 bits per heavy atom. The molecule has 11 heteroatoms. The highest BCUT2D eigenvalue weighted by molar-refractivity contribution is 7.89. The summed E-state index contributed by atoms with van der Waals surface area (Å²) in [5.74, 6) is -0.616. The number of hydrogen-bond acceptors (Lipinski definition) is 5. The van der Waals surface area contributed by atoms with Crippen LogP contribution in [-0.4, -0.2) is 58.5 Å². The Morgan fingerprint density at radius 1 is 0.900 bits per heavy atom. The standard InChI is InChI=1S/C19H24ClN3O5S2/c1-5-23(6-2)30(27,28)15-9-7-14(8-10-15)21-19(24)17-13-16(11-12-18(17)20)29(25,26)22(3)4/h7-13H,5-6H2,1-4H3,(H,21,24). The van der Waals surface area contributed by atoms with Crippen molar-refractivity contribution in [1.29, 1.82) is 0 Å². The molecule has 0 aromatic heterocycles. The van der Waals surface area contributed by atoms with Gasteiger partial charge in [0, 0.05) is 32.9 Å².